The van der Waals surface area contributed by atoms with E-state index in [1.54, 1.807) is 31.2 Å². The summed E-state index contributed by atoms with van der Waals surface area (Å²) >= 11 is 0. The van der Waals surface area contributed by atoms with Crippen molar-refractivity contribution >= 4 is 17.7 Å². The number of hydrogen-bond donors (Lipinski definition) is 1. The Balaban J connectivity index is 1.81. The van der Waals surface area contributed by atoms with E-state index < -0.39 is 23.5 Å². The van der Waals surface area contributed by atoms with Crippen LogP contribution in [0.2, 0.25) is 0 Å². The molecule has 1 aromatic carbocycles. The zero-order valence-electron chi connectivity index (χ0n) is 16.3. The standard InChI is InChI=1S/C21H26N2O5/c1-3-18(24)16-7-9-17(10-8-16)27-13-19(25)28-15(2)20(26)23-21(14-22)11-5-4-6-12-21/h7-10,15H,3-6,11-13H2,1-2H3,(H,23,26)/t15-/m1/s1. The Morgan fingerprint density at radius 2 is 1.82 bits per heavy atom. The molecule has 7 nitrogen and oxygen atoms in total. The molecule has 0 heterocycles. The van der Waals surface area contributed by atoms with Gasteiger partial charge in [-0.25, -0.2) is 4.79 Å². The molecule has 7 heteroatoms. The lowest BCUT2D eigenvalue weighted by Gasteiger charge is -2.32. The van der Waals surface area contributed by atoms with Gasteiger partial charge >= 0.3 is 5.97 Å². The van der Waals surface area contributed by atoms with Crippen LogP contribution in [-0.2, 0) is 14.3 Å². The molecular weight excluding hydrogens is 360 g/mol. The lowest BCUT2D eigenvalue weighted by Crippen LogP contribution is -2.52. The Morgan fingerprint density at radius 3 is 2.39 bits per heavy atom. The van der Waals surface area contributed by atoms with E-state index in [1.807, 2.05) is 0 Å². The molecule has 1 atom stereocenters. The van der Waals surface area contributed by atoms with Crippen LogP contribution in [-0.4, -0.2) is 35.9 Å². The monoisotopic (exact) mass is 386 g/mol. The van der Waals surface area contributed by atoms with Gasteiger partial charge in [0.25, 0.3) is 5.91 Å². The van der Waals surface area contributed by atoms with Crippen molar-refractivity contribution in [1.29, 1.82) is 5.26 Å². The maximum absolute atomic E-state index is 12.3. The maximum atomic E-state index is 12.3. The fourth-order valence-electron chi connectivity index (χ4n) is 3.13. The Bertz CT molecular complexity index is 745. The molecule has 0 unspecified atom stereocenters. The van der Waals surface area contributed by atoms with Gasteiger partial charge in [-0.2, -0.15) is 5.26 Å². The van der Waals surface area contributed by atoms with E-state index in [0.29, 0.717) is 30.6 Å². The second kappa shape index (κ2) is 9.88. The number of hydrogen-bond acceptors (Lipinski definition) is 6. The molecule has 1 fully saturated rings. The van der Waals surface area contributed by atoms with Gasteiger partial charge in [0.15, 0.2) is 18.5 Å². The third-order valence-corrected chi connectivity index (χ3v) is 4.82. The molecule has 1 N–H and O–H groups in total. The van der Waals surface area contributed by atoms with Crippen molar-refractivity contribution in [2.75, 3.05) is 6.61 Å². The van der Waals surface area contributed by atoms with Crippen molar-refractivity contribution in [2.24, 2.45) is 0 Å². The summed E-state index contributed by atoms with van der Waals surface area (Å²) in [5.41, 5.74) is -0.290. The lowest BCUT2D eigenvalue weighted by molar-refractivity contribution is -0.157. The van der Waals surface area contributed by atoms with Crippen LogP contribution < -0.4 is 10.1 Å². The van der Waals surface area contributed by atoms with Crippen LogP contribution in [0.4, 0.5) is 0 Å². The number of Topliss-reactive ketones (excluding diaryl/α,β-unsaturated/α-hetero) is 1. The Hall–Kier alpha value is -2.88. The van der Waals surface area contributed by atoms with E-state index in [-0.39, 0.29) is 12.4 Å². The largest absolute Gasteiger partial charge is 0.482 e. The minimum Gasteiger partial charge on any atom is -0.482 e. The number of nitriles is 1. The molecule has 1 aliphatic rings. The lowest BCUT2D eigenvalue weighted by atomic mass is 9.83. The van der Waals surface area contributed by atoms with Crippen molar-refractivity contribution in [3.05, 3.63) is 29.8 Å². The molecule has 150 valence electrons. The Kier molecular flexibility index (Phi) is 7.56. The number of esters is 1. The van der Waals surface area contributed by atoms with Crippen molar-refractivity contribution in [3.8, 4) is 11.8 Å². The first-order chi connectivity index (χ1) is 13.4. The second-order valence-electron chi connectivity index (χ2n) is 6.97. The first kappa shape index (κ1) is 21.4. The average Bonchev–Trinajstić information content (AvgIpc) is 2.72. The highest BCUT2D eigenvalue weighted by atomic mass is 16.6. The zero-order valence-corrected chi connectivity index (χ0v) is 16.3. The molecule has 2 rings (SSSR count). The van der Waals surface area contributed by atoms with Crippen molar-refractivity contribution in [2.45, 2.75) is 64.0 Å². The summed E-state index contributed by atoms with van der Waals surface area (Å²) in [4.78, 5) is 35.8. The molecule has 0 saturated heterocycles. The van der Waals surface area contributed by atoms with Gasteiger partial charge in [0.1, 0.15) is 11.3 Å². The van der Waals surface area contributed by atoms with Crippen molar-refractivity contribution < 1.29 is 23.9 Å². The number of carbonyl (C=O) groups is 3. The molecule has 1 amide bonds. The highest BCUT2D eigenvalue weighted by Gasteiger charge is 2.35. The van der Waals surface area contributed by atoms with E-state index in [2.05, 4.69) is 11.4 Å². The predicted octanol–water partition coefficient (Wildman–Crippen LogP) is 2.93. The summed E-state index contributed by atoms with van der Waals surface area (Å²) in [6, 6.07) is 8.67. The smallest absolute Gasteiger partial charge is 0.344 e. The van der Waals surface area contributed by atoms with E-state index >= 15 is 0 Å². The van der Waals surface area contributed by atoms with Crippen LogP contribution in [0.5, 0.6) is 5.75 Å². The molecule has 0 radical (unpaired) electrons. The molecule has 0 spiro atoms. The average molecular weight is 386 g/mol. The van der Waals surface area contributed by atoms with Gasteiger partial charge in [-0.05, 0) is 44.0 Å². The summed E-state index contributed by atoms with van der Waals surface area (Å²) in [7, 11) is 0. The molecule has 0 aromatic heterocycles. The summed E-state index contributed by atoms with van der Waals surface area (Å²) in [6.45, 7) is 2.89. The molecule has 0 bridgehead atoms. The van der Waals surface area contributed by atoms with E-state index in [1.165, 1.54) is 6.92 Å². The van der Waals surface area contributed by atoms with E-state index in [9.17, 15) is 19.6 Å². The van der Waals surface area contributed by atoms with Crippen molar-refractivity contribution in [3.63, 3.8) is 0 Å². The van der Waals surface area contributed by atoms with Crippen LogP contribution in [0.1, 0.15) is 62.7 Å². The van der Waals surface area contributed by atoms with Crippen molar-refractivity contribution in [1.82, 2.24) is 5.32 Å². The van der Waals surface area contributed by atoms with Gasteiger partial charge < -0.3 is 14.8 Å². The number of benzene rings is 1. The fourth-order valence-corrected chi connectivity index (χ4v) is 3.13. The molecule has 1 aliphatic carbocycles. The molecule has 1 saturated carbocycles. The first-order valence-corrected chi connectivity index (χ1v) is 9.58. The van der Waals surface area contributed by atoms with Crippen LogP contribution in [0.3, 0.4) is 0 Å². The summed E-state index contributed by atoms with van der Waals surface area (Å²) in [6.07, 6.45) is 3.43. The first-order valence-electron chi connectivity index (χ1n) is 9.58. The van der Waals surface area contributed by atoms with Gasteiger partial charge in [0.2, 0.25) is 0 Å². The van der Waals surface area contributed by atoms with Gasteiger partial charge in [0.05, 0.1) is 6.07 Å². The Morgan fingerprint density at radius 1 is 1.18 bits per heavy atom. The third-order valence-electron chi connectivity index (χ3n) is 4.82. The highest BCUT2D eigenvalue weighted by Crippen LogP contribution is 2.27. The van der Waals surface area contributed by atoms with Crippen LogP contribution in [0.15, 0.2) is 24.3 Å². The highest BCUT2D eigenvalue weighted by molar-refractivity contribution is 5.95. The number of rotatable bonds is 8. The molecular formula is C21H26N2O5. The second-order valence-corrected chi connectivity index (χ2v) is 6.97. The van der Waals surface area contributed by atoms with Crippen LogP contribution >= 0.6 is 0 Å². The van der Waals surface area contributed by atoms with Crippen LogP contribution in [0.25, 0.3) is 0 Å². The molecule has 1 aromatic rings. The minimum atomic E-state index is -1.02. The quantitative estimate of drug-likeness (QED) is 0.544. The van der Waals surface area contributed by atoms with Crippen LogP contribution in [0, 0.1) is 11.3 Å². The maximum Gasteiger partial charge on any atom is 0.344 e. The normalized spacial score (nSPS) is 16.3. The number of ether oxygens (including phenoxy) is 2. The number of carbonyl (C=O) groups excluding carboxylic acids is 3. The zero-order chi connectivity index (χ0) is 20.6. The van der Waals surface area contributed by atoms with Gasteiger partial charge in [-0.3, -0.25) is 9.59 Å². The van der Waals surface area contributed by atoms with E-state index in [0.717, 1.165) is 19.3 Å². The van der Waals surface area contributed by atoms with Gasteiger partial charge in [-0.1, -0.05) is 26.2 Å². The topological polar surface area (TPSA) is 105 Å². The van der Waals surface area contributed by atoms with E-state index in [4.69, 9.17) is 9.47 Å². The number of ketones is 1. The number of nitrogens with one attached hydrogen (secondary N) is 1. The molecule has 28 heavy (non-hydrogen) atoms. The number of amides is 1. The SMILES string of the molecule is CCC(=O)c1ccc(OCC(=O)O[C@H](C)C(=O)NC2(C#N)CCCCC2)cc1. The fraction of sp³-hybridized carbons (Fsp3) is 0.524. The number of nitrogens with zero attached hydrogens (tertiary/aromatic N) is 1. The predicted molar refractivity (Wildman–Crippen MR) is 102 cm³/mol. The summed E-state index contributed by atoms with van der Waals surface area (Å²) < 4.78 is 10.4. The van der Waals surface area contributed by atoms with Gasteiger partial charge in [-0.15, -0.1) is 0 Å². The summed E-state index contributed by atoms with van der Waals surface area (Å²) in [5, 5.41) is 12.2. The molecule has 0 aliphatic heterocycles. The van der Waals surface area contributed by atoms with Gasteiger partial charge in [0, 0.05) is 12.0 Å². The Labute approximate surface area is 165 Å². The third kappa shape index (κ3) is 5.81. The minimum absolute atomic E-state index is 0.0268. The summed E-state index contributed by atoms with van der Waals surface area (Å²) in [5.74, 6) is -0.725.